The van der Waals surface area contributed by atoms with Crippen LogP contribution in [0.4, 0.5) is 28.2 Å². The smallest absolute Gasteiger partial charge is 0.408 e. The molecule has 4 rings (SSSR count). The Labute approximate surface area is 201 Å². The van der Waals surface area contributed by atoms with Crippen LogP contribution >= 0.6 is 0 Å². The Kier molecular flexibility index (Phi) is 6.72. The number of hydrogen-bond donors (Lipinski definition) is 3. The summed E-state index contributed by atoms with van der Waals surface area (Å²) in [6, 6.07) is 0.780. The van der Waals surface area contributed by atoms with Crippen molar-refractivity contribution in [1.29, 1.82) is 0 Å². The van der Waals surface area contributed by atoms with E-state index in [0.717, 1.165) is 24.8 Å². The molecule has 1 aliphatic rings. The SMILES string of the molecule is Nc1ncc(-c2cc(-c3cnn(CC(F)(F)F)c3)ncc2F)nc1C(=O)NC1CCCN(C(=O)O)C1. The van der Waals surface area contributed by atoms with Gasteiger partial charge >= 0.3 is 12.3 Å². The number of anilines is 1. The Morgan fingerprint density at radius 3 is 2.69 bits per heavy atom. The van der Waals surface area contributed by atoms with Gasteiger partial charge in [-0.3, -0.25) is 14.5 Å². The second kappa shape index (κ2) is 9.75. The molecule has 0 aromatic carbocycles. The van der Waals surface area contributed by atoms with Gasteiger partial charge in [0.1, 0.15) is 6.54 Å². The van der Waals surface area contributed by atoms with Crippen molar-refractivity contribution >= 4 is 17.8 Å². The highest BCUT2D eigenvalue weighted by atomic mass is 19.4. The van der Waals surface area contributed by atoms with Crippen LogP contribution in [0.15, 0.2) is 30.9 Å². The maximum absolute atomic E-state index is 14.6. The first kappa shape index (κ1) is 24.8. The molecule has 1 saturated heterocycles. The predicted octanol–water partition coefficient (Wildman–Crippen LogP) is 2.56. The number of nitrogens with zero attached hydrogens (tertiary/aromatic N) is 6. The minimum atomic E-state index is -4.47. The molecule has 3 aromatic heterocycles. The summed E-state index contributed by atoms with van der Waals surface area (Å²) < 4.78 is 53.2. The summed E-state index contributed by atoms with van der Waals surface area (Å²) in [4.78, 5) is 37.2. The fourth-order valence-corrected chi connectivity index (χ4v) is 3.78. The molecule has 1 fully saturated rings. The molecule has 3 aromatic rings. The number of carbonyl (C=O) groups is 2. The summed E-state index contributed by atoms with van der Waals surface area (Å²) in [6.07, 6.45) is -0.159. The van der Waals surface area contributed by atoms with Gasteiger partial charge in [-0.2, -0.15) is 18.3 Å². The average Bonchev–Trinajstić information content (AvgIpc) is 3.26. The number of nitrogens with one attached hydrogen (secondary N) is 1. The van der Waals surface area contributed by atoms with E-state index in [0.29, 0.717) is 24.1 Å². The Morgan fingerprint density at radius 1 is 1.19 bits per heavy atom. The van der Waals surface area contributed by atoms with E-state index in [2.05, 4.69) is 25.4 Å². The Hall–Kier alpha value is -4.30. The monoisotopic (exact) mass is 508 g/mol. The molecule has 0 saturated carbocycles. The van der Waals surface area contributed by atoms with Crippen LogP contribution in [0.5, 0.6) is 0 Å². The number of nitrogens with two attached hydrogens (primary N) is 1. The number of alkyl halides is 3. The molecule has 1 aliphatic heterocycles. The van der Waals surface area contributed by atoms with Gasteiger partial charge in [-0.05, 0) is 18.9 Å². The Bertz CT molecular complexity index is 1300. The van der Waals surface area contributed by atoms with E-state index < -0.39 is 36.6 Å². The molecule has 15 heteroatoms. The van der Waals surface area contributed by atoms with Crippen molar-refractivity contribution in [2.24, 2.45) is 0 Å². The summed E-state index contributed by atoms with van der Waals surface area (Å²) in [5, 5.41) is 15.5. The second-order valence-corrected chi connectivity index (χ2v) is 8.12. The third kappa shape index (κ3) is 5.67. The molecule has 0 bridgehead atoms. The first-order valence-electron chi connectivity index (χ1n) is 10.7. The van der Waals surface area contributed by atoms with Crippen LogP contribution in [0.3, 0.4) is 0 Å². The molecule has 4 N–H and O–H groups in total. The van der Waals surface area contributed by atoms with Crippen LogP contribution in [0, 0.1) is 5.82 Å². The second-order valence-electron chi connectivity index (χ2n) is 8.12. The van der Waals surface area contributed by atoms with Crippen LogP contribution in [-0.4, -0.2) is 72.0 Å². The molecular weight excluding hydrogens is 488 g/mol. The maximum atomic E-state index is 14.6. The van der Waals surface area contributed by atoms with E-state index in [9.17, 15) is 32.3 Å². The van der Waals surface area contributed by atoms with Gasteiger partial charge in [0.2, 0.25) is 0 Å². The molecule has 1 atom stereocenters. The standard InChI is InChI=1S/C21H20F4N8O3/c22-14-6-27-15(11-5-29-33(8-11)10-21(23,24)25)4-13(14)16-7-28-18(26)17(31-16)19(34)30-12-2-1-3-32(9-12)20(35)36/h4-8,12H,1-3,9-10H2,(H2,26,28)(H,30,34)(H,35,36). The third-order valence-corrected chi connectivity index (χ3v) is 5.44. The number of aromatic nitrogens is 5. The van der Waals surface area contributed by atoms with E-state index in [1.165, 1.54) is 11.0 Å². The largest absolute Gasteiger partial charge is 0.465 e. The highest BCUT2D eigenvalue weighted by Gasteiger charge is 2.29. The van der Waals surface area contributed by atoms with Gasteiger partial charge < -0.3 is 21.1 Å². The van der Waals surface area contributed by atoms with Crippen molar-refractivity contribution in [2.75, 3.05) is 18.8 Å². The Balaban J connectivity index is 1.58. The molecule has 1 unspecified atom stereocenters. The van der Waals surface area contributed by atoms with Gasteiger partial charge in [-0.1, -0.05) is 0 Å². The lowest BCUT2D eigenvalue weighted by Crippen LogP contribution is -2.49. The van der Waals surface area contributed by atoms with Gasteiger partial charge in [0, 0.05) is 36.5 Å². The molecule has 36 heavy (non-hydrogen) atoms. The van der Waals surface area contributed by atoms with Gasteiger partial charge in [-0.15, -0.1) is 0 Å². The molecule has 2 amide bonds. The van der Waals surface area contributed by atoms with Gasteiger partial charge in [0.15, 0.2) is 17.3 Å². The van der Waals surface area contributed by atoms with Gasteiger partial charge in [-0.25, -0.2) is 19.2 Å². The van der Waals surface area contributed by atoms with Crippen molar-refractivity contribution in [2.45, 2.75) is 31.6 Å². The summed E-state index contributed by atoms with van der Waals surface area (Å²) in [5.41, 5.74) is 5.69. The highest BCUT2D eigenvalue weighted by Crippen LogP contribution is 2.27. The molecule has 4 heterocycles. The lowest BCUT2D eigenvalue weighted by atomic mass is 10.1. The number of likely N-dealkylation sites (tertiary alicyclic amines) is 1. The molecule has 11 nitrogen and oxygen atoms in total. The van der Waals surface area contributed by atoms with Crippen LogP contribution in [-0.2, 0) is 6.54 Å². The number of nitrogen functional groups attached to an aromatic ring is 1. The van der Waals surface area contributed by atoms with Crippen LogP contribution in [0.1, 0.15) is 23.3 Å². The van der Waals surface area contributed by atoms with Crippen molar-refractivity contribution in [3.05, 3.63) is 42.4 Å². The quantitative estimate of drug-likeness (QED) is 0.445. The summed E-state index contributed by atoms with van der Waals surface area (Å²) in [7, 11) is 0. The summed E-state index contributed by atoms with van der Waals surface area (Å²) in [5.74, 6) is -1.73. The topological polar surface area (TPSA) is 152 Å². The average molecular weight is 508 g/mol. The molecule has 0 aliphatic carbocycles. The summed E-state index contributed by atoms with van der Waals surface area (Å²) >= 11 is 0. The zero-order chi connectivity index (χ0) is 26.0. The van der Waals surface area contributed by atoms with Crippen molar-refractivity contribution in [3.8, 4) is 22.5 Å². The number of rotatable bonds is 5. The maximum Gasteiger partial charge on any atom is 0.408 e. The zero-order valence-electron chi connectivity index (χ0n) is 18.5. The van der Waals surface area contributed by atoms with E-state index in [4.69, 9.17) is 5.73 Å². The minimum absolute atomic E-state index is 0.0611. The first-order valence-corrected chi connectivity index (χ1v) is 10.7. The number of carbonyl (C=O) groups excluding carboxylic acids is 1. The number of pyridine rings is 1. The van der Waals surface area contributed by atoms with E-state index in [-0.39, 0.29) is 40.6 Å². The van der Waals surface area contributed by atoms with Crippen molar-refractivity contribution in [3.63, 3.8) is 0 Å². The van der Waals surface area contributed by atoms with E-state index >= 15 is 0 Å². The predicted molar refractivity (Wildman–Crippen MR) is 117 cm³/mol. The van der Waals surface area contributed by atoms with Crippen LogP contribution in [0.25, 0.3) is 22.5 Å². The first-order chi connectivity index (χ1) is 17.0. The van der Waals surface area contributed by atoms with E-state index in [1.54, 1.807) is 0 Å². The lowest BCUT2D eigenvalue weighted by Gasteiger charge is -2.31. The van der Waals surface area contributed by atoms with Gasteiger partial charge in [0.05, 0.1) is 30.0 Å². The number of amides is 2. The van der Waals surface area contributed by atoms with Crippen LogP contribution in [0.2, 0.25) is 0 Å². The fourth-order valence-electron chi connectivity index (χ4n) is 3.78. The van der Waals surface area contributed by atoms with Crippen molar-refractivity contribution in [1.82, 2.24) is 34.9 Å². The van der Waals surface area contributed by atoms with Gasteiger partial charge in [0.25, 0.3) is 5.91 Å². The van der Waals surface area contributed by atoms with E-state index in [1.807, 2.05) is 0 Å². The number of carboxylic acid groups (broad SMARTS) is 1. The molecule has 190 valence electrons. The normalized spacial score (nSPS) is 16.1. The number of hydrogen-bond acceptors (Lipinski definition) is 7. The molecule has 0 spiro atoms. The summed E-state index contributed by atoms with van der Waals surface area (Å²) in [6.45, 7) is -0.843. The van der Waals surface area contributed by atoms with Crippen molar-refractivity contribution < 1.29 is 32.3 Å². The third-order valence-electron chi connectivity index (χ3n) is 5.44. The molecule has 0 radical (unpaired) electrons. The molecular formula is C21H20F4N8O3. The number of piperidine rings is 1. The van der Waals surface area contributed by atoms with Crippen LogP contribution < -0.4 is 11.1 Å². The number of halogens is 4. The zero-order valence-corrected chi connectivity index (χ0v) is 18.5. The highest BCUT2D eigenvalue weighted by molar-refractivity contribution is 5.97. The Morgan fingerprint density at radius 2 is 1.97 bits per heavy atom. The minimum Gasteiger partial charge on any atom is -0.465 e. The fraction of sp³-hybridized carbons (Fsp3) is 0.333. The lowest BCUT2D eigenvalue weighted by molar-refractivity contribution is -0.142.